The number of nitrogens with one attached hydrogen (secondary N) is 2. The van der Waals surface area contributed by atoms with Gasteiger partial charge in [-0.1, -0.05) is 31.2 Å². The van der Waals surface area contributed by atoms with Gasteiger partial charge in [0.1, 0.15) is 17.5 Å². The topological polar surface area (TPSA) is 107 Å². The van der Waals surface area contributed by atoms with E-state index in [-0.39, 0.29) is 22.9 Å². The van der Waals surface area contributed by atoms with Crippen molar-refractivity contribution in [2.24, 2.45) is 4.99 Å². The maximum atomic E-state index is 12.3. The van der Waals surface area contributed by atoms with Crippen LogP contribution in [0.15, 0.2) is 57.6 Å². The van der Waals surface area contributed by atoms with E-state index >= 15 is 0 Å². The number of nitriles is 1. The Kier molecular flexibility index (Phi) is 4.94. The molecule has 0 saturated heterocycles. The van der Waals surface area contributed by atoms with Crippen LogP contribution in [0.3, 0.4) is 0 Å². The molecule has 1 aromatic heterocycles. The number of amidine groups is 1. The molecule has 2 heterocycles. The van der Waals surface area contributed by atoms with E-state index in [9.17, 15) is 14.9 Å². The second-order valence-corrected chi connectivity index (χ2v) is 5.53. The minimum absolute atomic E-state index is 0.0897. The van der Waals surface area contributed by atoms with E-state index in [0.29, 0.717) is 17.7 Å². The molecule has 1 aliphatic rings. The van der Waals surface area contributed by atoms with Crippen molar-refractivity contribution in [3.05, 3.63) is 65.1 Å². The Labute approximate surface area is 150 Å². The minimum Gasteiger partial charge on any atom is -0.459 e. The summed E-state index contributed by atoms with van der Waals surface area (Å²) in [6.07, 6.45) is 2.15. The lowest BCUT2D eigenvalue weighted by molar-refractivity contribution is -0.117. The molecule has 0 spiro atoms. The number of nitrogens with zero attached hydrogens (tertiary/aromatic N) is 2. The molecule has 2 aromatic rings. The third-order valence-corrected chi connectivity index (χ3v) is 3.75. The summed E-state index contributed by atoms with van der Waals surface area (Å²) < 4.78 is 5.08. The molecule has 0 aliphatic carbocycles. The highest BCUT2D eigenvalue weighted by molar-refractivity contribution is 6.20. The Hall–Kier alpha value is -3.66. The molecule has 0 bridgehead atoms. The molecular formula is C19H16N4O3. The molecule has 1 aliphatic heterocycles. The summed E-state index contributed by atoms with van der Waals surface area (Å²) >= 11 is 0. The highest BCUT2D eigenvalue weighted by atomic mass is 16.3. The van der Waals surface area contributed by atoms with Crippen LogP contribution in [0.1, 0.15) is 35.0 Å². The first kappa shape index (κ1) is 17.2. The van der Waals surface area contributed by atoms with Crippen LogP contribution in [0.4, 0.5) is 0 Å². The van der Waals surface area contributed by atoms with Crippen LogP contribution >= 0.6 is 0 Å². The predicted octanol–water partition coefficient (Wildman–Crippen LogP) is 2.23. The number of hydrogen-bond donors (Lipinski definition) is 2. The quantitative estimate of drug-likeness (QED) is 0.652. The molecular weight excluding hydrogens is 332 g/mol. The van der Waals surface area contributed by atoms with Crippen molar-refractivity contribution in [2.75, 3.05) is 6.54 Å². The highest BCUT2D eigenvalue weighted by Crippen LogP contribution is 2.30. The van der Waals surface area contributed by atoms with Gasteiger partial charge in [0.2, 0.25) is 0 Å². The van der Waals surface area contributed by atoms with Crippen molar-refractivity contribution >= 4 is 23.3 Å². The van der Waals surface area contributed by atoms with Crippen molar-refractivity contribution in [2.45, 2.75) is 13.3 Å². The highest BCUT2D eigenvalue weighted by Gasteiger charge is 2.27. The van der Waals surface area contributed by atoms with Gasteiger partial charge in [0.25, 0.3) is 11.8 Å². The molecule has 2 N–H and O–H groups in total. The van der Waals surface area contributed by atoms with E-state index in [0.717, 1.165) is 6.42 Å². The predicted molar refractivity (Wildman–Crippen MR) is 95.0 cm³/mol. The fourth-order valence-electron chi connectivity index (χ4n) is 2.53. The van der Waals surface area contributed by atoms with E-state index < -0.39 is 11.8 Å². The van der Waals surface area contributed by atoms with Crippen molar-refractivity contribution in [3.8, 4) is 6.07 Å². The lowest BCUT2D eigenvalue weighted by atomic mass is 10.0. The second kappa shape index (κ2) is 7.49. The van der Waals surface area contributed by atoms with Gasteiger partial charge in [0.05, 0.1) is 12.0 Å². The molecule has 0 saturated carbocycles. The SMILES string of the molecule is CCCNC(=O)/C(C#N)=C1\N=C(NC(=O)c2ccco2)c2ccccc21. The molecule has 130 valence electrons. The van der Waals surface area contributed by atoms with E-state index in [4.69, 9.17) is 4.42 Å². The average molecular weight is 348 g/mol. The van der Waals surface area contributed by atoms with E-state index in [1.54, 1.807) is 30.3 Å². The first-order valence-electron chi connectivity index (χ1n) is 8.11. The second-order valence-electron chi connectivity index (χ2n) is 5.53. The molecule has 0 fully saturated rings. The summed E-state index contributed by atoms with van der Waals surface area (Å²) in [6.45, 7) is 2.38. The molecule has 3 rings (SSSR count). The average Bonchev–Trinajstić information content (AvgIpc) is 3.30. The molecule has 0 unspecified atom stereocenters. The first-order valence-corrected chi connectivity index (χ1v) is 8.11. The molecule has 7 nitrogen and oxygen atoms in total. The van der Waals surface area contributed by atoms with E-state index in [1.807, 2.05) is 13.0 Å². The number of aliphatic imine (C=N–C) groups is 1. The Morgan fingerprint density at radius 2 is 1.96 bits per heavy atom. The zero-order valence-electron chi connectivity index (χ0n) is 14.1. The summed E-state index contributed by atoms with van der Waals surface area (Å²) in [5.41, 5.74) is 1.41. The summed E-state index contributed by atoms with van der Waals surface area (Å²) in [5.74, 6) is -0.530. The largest absolute Gasteiger partial charge is 0.459 e. The van der Waals surface area contributed by atoms with Crippen LogP contribution in [0.25, 0.3) is 5.70 Å². The monoisotopic (exact) mass is 348 g/mol. The van der Waals surface area contributed by atoms with Gasteiger partial charge in [0.15, 0.2) is 5.76 Å². The fourth-order valence-corrected chi connectivity index (χ4v) is 2.53. The maximum absolute atomic E-state index is 12.3. The number of amides is 2. The van der Waals surface area contributed by atoms with Gasteiger partial charge >= 0.3 is 0 Å². The molecule has 2 amide bonds. The van der Waals surface area contributed by atoms with Crippen molar-refractivity contribution in [1.29, 1.82) is 5.26 Å². The first-order chi connectivity index (χ1) is 12.7. The summed E-state index contributed by atoms with van der Waals surface area (Å²) in [7, 11) is 0. The smallest absolute Gasteiger partial charge is 0.292 e. The zero-order valence-corrected chi connectivity index (χ0v) is 14.1. The van der Waals surface area contributed by atoms with Crippen LogP contribution < -0.4 is 10.6 Å². The van der Waals surface area contributed by atoms with Gasteiger partial charge in [-0.05, 0) is 18.6 Å². The van der Waals surface area contributed by atoms with Gasteiger partial charge < -0.3 is 15.1 Å². The lowest BCUT2D eigenvalue weighted by Crippen LogP contribution is -2.30. The van der Waals surface area contributed by atoms with Crippen molar-refractivity contribution < 1.29 is 14.0 Å². The van der Waals surface area contributed by atoms with Crippen LogP contribution in [-0.4, -0.2) is 24.2 Å². The number of rotatable bonds is 4. The number of hydrogen-bond acceptors (Lipinski definition) is 5. The Bertz CT molecular complexity index is 949. The molecule has 0 radical (unpaired) electrons. The number of furan rings is 1. The van der Waals surface area contributed by atoms with E-state index in [1.165, 1.54) is 12.3 Å². The Morgan fingerprint density at radius 1 is 1.19 bits per heavy atom. The van der Waals surface area contributed by atoms with Crippen molar-refractivity contribution in [3.63, 3.8) is 0 Å². The fraction of sp³-hybridized carbons (Fsp3) is 0.158. The van der Waals surface area contributed by atoms with Crippen LogP contribution in [0.5, 0.6) is 0 Å². The number of benzene rings is 1. The van der Waals surface area contributed by atoms with Crippen LogP contribution in [-0.2, 0) is 4.79 Å². The Balaban J connectivity index is 2.00. The lowest BCUT2D eigenvalue weighted by Gasteiger charge is -2.05. The van der Waals surface area contributed by atoms with E-state index in [2.05, 4.69) is 15.6 Å². The van der Waals surface area contributed by atoms with Gasteiger partial charge in [-0.3, -0.25) is 9.59 Å². The maximum Gasteiger partial charge on any atom is 0.292 e. The van der Waals surface area contributed by atoms with Crippen molar-refractivity contribution in [1.82, 2.24) is 10.6 Å². The molecule has 26 heavy (non-hydrogen) atoms. The number of carbonyl (C=O) groups excluding carboxylic acids is 2. The van der Waals surface area contributed by atoms with Gasteiger partial charge in [0, 0.05) is 17.7 Å². The normalized spacial score (nSPS) is 14.1. The van der Waals surface area contributed by atoms with Crippen LogP contribution in [0, 0.1) is 11.3 Å². The van der Waals surface area contributed by atoms with Gasteiger partial charge in [-0.2, -0.15) is 5.26 Å². The molecule has 7 heteroatoms. The van der Waals surface area contributed by atoms with Gasteiger partial charge in [-0.25, -0.2) is 4.99 Å². The minimum atomic E-state index is -0.485. The number of fused-ring (bicyclic) bond motifs is 1. The third kappa shape index (κ3) is 3.26. The van der Waals surface area contributed by atoms with Crippen LogP contribution in [0.2, 0.25) is 0 Å². The third-order valence-electron chi connectivity index (χ3n) is 3.75. The summed E-state index contributed by atoms with van der Waals surface area (Å²) in [4.78, 5) is 28.9. The standard InChI is InChI=1S/C19H16N4O3/c1-2-9-21-18(24)14(11-20)16-12-6-3-4-7-13(12)17(22-16)23-19(25)15-8-5-10-26-15/h3-8,10H,2,9H2,1H3,(H,21,24)(H,22,23,25)/b16-14-. The number of carbonyl (C=O) groups is 2. The molecule has 1 aromatic carbocycles. The zero-order chi connectivity index (χ0) is 18.5. The summed E-state index contributed by atoms with van der Waals surface area (Å²) in [5, 5.41) is 14.8. The summed E-state index contributed by atoms with van der Waals surface area (Å²) in [6, 6.07) is 12.2. The van der Waals surface area contributed by atoms with Gasteiger partial charge in [-0.15, -0.1) is 0 Å². The molecule has 0 atom stereocenters. The Morgan fingerprint density at radius 3 is 2.62 bits per heavy atom.